The van der Waals surface area contributed by atoms with E-state index in [1.807, 2.05) is 12.1 Å². The number of piperidine rings is 1. The summed E-state index contributed by atoms with van der Waals surface area (Å²) in [4.78, 5) is 26.3. The molecule has 2 heterocycles. The first kappa shape index (κ1) is 22.5. The highest BCUT2D eigenvalue weighted by molar-refractivity contribution is 5.96. The predicted molar refractivity (Wildman–Crippen MR) is 124 cm³/mol. The minimum Gasteiger partial charge on any atom is -0.338 e. The zero-order valence-electron chi connectivity index (χ0n) is 18.6. The van der Waals surface area contributed by atoms with Gasteiger partial charge in [-0.3, -0.25) is 9.69 Å². The van der Waals surface area contributed by atoms with E-state index in [0.717, 1.165) is 19.4 Å². The number of ketones is 1. The molecule has 2 saturated heterocycles. The highest BCUT2D eigenvalue weighted by Crippen LogP contribution is 2.39. The average molecular weight is 438 g/mol. The molecule has 3 atom stereocenters. The number of urea groups is 1. The Morgan fingerprint density at radius 2 is 1.78 bits per heavy atom. The van der Waals surface area contributed by atoms with Crippen LogP contribution >= 0.6 is 0 Å². The molecule has 2 bridgehead atoms. The number of benzene rings is 2. The van der Waals surface area contributed by atoms with E-state index in [2.05, 4.69) is 15.5 Å². The first-order valence-electron chi connectivity index (χ1n) is 11.6. The highest BCUT2D eigenvalue weighted by Gasteiger charge is 2.39. The summed E-state index contributed by atoms with van der Waals surface area (Å²) in [5.41, 5.74) is 2.44. The van der Waals surface area contributed by atoms with Gasteiger partial charge in [-0.25, -0.2) is 9.18 Å². The fourth-order valence-corrected chi connectivity index (χ4v) is 5.33. The van der Waals surface area contributed by atoms with Gasteiger partial charge in [0.15, 0.2) is 5.78 Å². The summed E-state index contributed by atoms with van der Waals surface area (Å²) in [6, 6.07) is 14.9. The standard InChI is InChI=1S/C26H32FN3O2/c1-18(31)21-4-2-5-23(17-21)29-26(32)28-12-3-13-30-24-10-11-25(30)16-20(15-24)14-19-6-8-22(27)9-7-19/h2,4-9,17,20,24-25H,3,10-16H2,1H3,(H2,28,29,32)/t20-,24-,25+. The SMILES string of the molecule is CC(=O)c1cccc(NC(=O)NCCCN2[C@@H]3CC[C@H]2C[C@H](Cc2ccc(F)cc2)C3)c1. The molecule has 2 aromatic carbocycles. The minimum absolute atomic E-state index is 0.0230. The second kappa shape index (κ2) is 10.3. The third-order valence-electron chi connectivity index (χ3n) is 6.83. The maximum atomic E-state index is 13.2. The van der Waals surface area contributed by atoms with E-state index in [4.69, 9.17) is 0 Å². The number of hydrogen-bond donors (Lipinski definition) is 2. The lowest BCUT2D eigenvalue weighted by atomic mass is 9.85. The van der Waals surface area contributed by atoms with E-state index < -0.39 is 0 Å². The zero-order valence-corrected chi connectivity index (χ0v) is 18.6. The maximum Gasteiger partial charge on any atom is 0.319 e. The molecule has 2 aromatic rings. The van der Waals surface area contributed by atoms with Crippen molar-refractivity contribution in [2.45, 2.75) is 57.5 Å². The predicted octanol–water partition coefficient (Wildman–Crippen LogP) is 5.03. The molecule has 2 aliphatic rings. The molecule has 0 unspecified atom stereocenters. The average Bonchev–Trinajstić information content (AvgIpc) is 3.01. The molecule has 2 aliphatic heterocycles. The van der Waals surface area contributed by atoms with Crippen LogP contribution < -0.4 is 10.6 Å². The fraction of sp³-hybridized carbons (Fsp3) is 0.462. The lowest BCUT2D eigenvalue weighted by Crippen LogP contribution is -2.44. The van der Waals surface area contributed by atoms with Crippen molar-refractivity contribution in [2.24, 2.45) is 5.92 Å². The Labute approximate surface area is 189 Å². The summed E-state index contributed by atoms with van der Waals surface area (Å²) >= 11 is 0. The number of Topliss-reactive ketones (excluding diaryl/α,β-unsaturated/α-hetero) is 1. The van der Waals surface area contributed by atoms with Crippen LogP contribution in [0.5, 0.6) is 0 Å². The van der Waals surface area contributed by atoms with Crippen LogP contribution in [-0.2, 0) is 6.42 Å². The van der Waals surface area contributed by atoms with Gasteiger partial charge >= 0.3 is 6.03 Å². The van der Waals surface area contributed by atoms with Crippen molar-refractivity contribution in [3.63, 3.8) is 0 Å². The lowest BCUT2D eigenvalue weighted by Gasteiger charge is -2.39. The van der Waals surface area contributed by atoms with Crippen molar-refractivity contribution < 1.29 is 14.0 Å². The molecule has 32 heavy (non-hydrogen) atoms. The molecular weight excluding hydrogens is 405 g/mol. The number of rotatable bonds is 8. The van der Waals surface area contributed by atoms with E-state index in [1.165, 1.54) is 38.2 Å². The van der Waals surface area contributed by atoms with Gasteiger partial charge in [0.1, 0.15) is 5.82 Å². The Bertz CT molecular complexity index is 932. The Balaban J connectivity index is 1.18. The van der Waals surface area contributed by atoms with Crippen LogP contribution in [0.2, 0.25) is 0 Å². The summed E-state index contributed by atoms with van der Waals surface area (Å²) in [6.45, 7) is 3.13. The number of hydrogen-bond acceptors (Lipinski definition) is 3. The second-order valence-corrected chi connectivity index (χ2v) is 9.16. The van der Waals surface area contributed by atoms with Crippen LogP contribution in [-0.4, -0.2) is 41.9 Å². The molecule has 0 spiro atoms. The monoisotopic (exact) mass is 437 g/mol. The third-order valence-corrected chi connectivity index (χ3v) is 6.83. The molecule has 5 nitrogen and oxygen atoms in total. The van der Waals surface area contributed by atoms with Gasteiger partial charge in [0.25, 0.3) is 0 Å². The van der Waals surface area contributed by atoms with Crippen molar-refractivity contribution in [1.29, 1.82) is 0 Å². The first-order chi connectivity index (χ1) is 15.5. The van der Waals surface area contributed by atoms with Crippen LogP contribution in [0.1, 0.15) is 54.9 Å². The number of carbonyl (C=O) groups excluding carboxylic acids is 2. The Morgan fingerprint density at radius 3 is 2.47 bits per heavy atom. The first-order valence-corrected chi connectivity index (χ1v) is 11.6. The fourth-order valence-electron chi connectivity index (χ4n) is 5.33. The number of anilines is 1. The van der Waals surface area contributed by atoms with Crippen LogP contribution in [0.3, 0.4) is 0 Å². The van der Waals surface area contributed by atoms with Crippen molar-refractivity contribution >= 4 is 17.5 Å². The Kier molecular flexibility index (Phi) is 7.20. The van der Waals surface area contributed by atoms with Crippen molar-refractivity contribution in [2.75, 3.05) is 18.4 Å². The zero-order chi connectivity index (χ0) is 22.5. The van der Waals surface area contributed by atoms with Crippen molar-refractivity contribution in [1.82, 2.24) is 10.2 Å². The van der Waals surface area contributed by atoms with Gasteiger partial charge in [-0.05, 0) is 81.2 Å². The van der Waals surface area contributed by atoms with E-state index in [1.54, 1.807) is 36.4 Å². The summed E-state index contributed by atoms with van der Waals surface area (Å²) in [5.74, 6) is 0.476. The number of carbonyl (C=O) groups is 2. The Hall–Kier alpha value is -2.73. The maximum absolute atomic E-state index is 13.2. The summed E-state index contributed by atoms with van der Waals surface area (Å²) in [6.07, 6.45) is 6.86. The Morgan fingerprint density at radius 1 is 1.06 bits per heavy atom. The normalized spacial score (nSPS) is 22.5. The smallest absolute Gasteiger partial charge is 0.319 e. The van der Waals surface area contributed by atoms with Crippen molar-refractivity contribution in [3.8, 4) is 0 Å². The molecule has 0 saturated carbocycles. The summed E-state index contributed by atoms with van der Waals surface area (Å²) in [7, 11) is 0. The number of amides is 2. The molecule has 0 radical (unpaired) electrons. The number of halogens is 1. The van der Waals surface area contributed by atoms with Gasteiger partial charge in [0.2, 0.25) is 0 Å². The molecule has 170 valence electrons. The second-order valence-electron chi connectivity index (χ2n) is 9.16. The molecule has 2 amide bonds. The topological polar surface area (TPSA) is 61.4 Å². The van der Waals surface area contributed by atoms with Gasteiger partial charge in [-0.1, -0.05) is 24.3 Å². The van der Waals surface area contributed by atoms with E-state index in [0.29, 0.717) is 35.8 Å². The molecule has 2 N–H and O–H groups in total. The molecule has 2 fully saturated rings. The number of fused-ring (bicyclic) bond motifs is 2. The number of nitrogens with zero attached hydrogens (tertiary/aromatic N) is 1. The lowest BCUT2D eigenvalue weighted by molar-refractivity contribution is 0.101. The van der Waals surface area contributed by atoms with Gasteiger partial charge in [-0.2, -0.15) is 0 Å². The van der Waals surface area contributed by atoms with Crippen molar-refractivity contribution in [3.05, 3.63) is 65.5 Å². The summed E-state index contributed by atoms with van der Waals surface area (Å²) < 4.78 is 13.2. The van der Waals surface area contributed by atoms with E-state index >= 15 is 0 Å². The van der Waals surface area contributed by atoms with Crippen LogP contribution in [0.15, 0.2) is 48.5 Å². The third kappa shape index (κ3) is 5.74. The van der Waals surface area contributed by atoms with Crippen LogP contribution in [0.4, 0.5) is 14.9 Å². The molecule has 0 aliphatic carbocycles. The van der Waals surface area contributed by atoms with E-state index in [-0.39, 0.29) is 17.6 Å². The highest BCUT2D eigenvalue weighted by atomic mass is 19.1. The largest absolute Gasteiger partial charge is 0.338 e. The number of nitrogens with one attached hydrogen (secondary N) is 2. The van der Waals surface area contributed by atoms with Gasteiger partial charge in [0, 0.05) is 36.4 Å². The van der Waals surface area contributed by atoms with Gasteiger partial charge in [-0.15, -0.1) is 0 Å². The van der Waals surface area contributed by atoms with Crippen LogP contribution in [0.25, 0.3) is 0 Å². The van der Waals surface area contributed by atoms with Crippen LogP contribution in [0, 0.1) is 11.7 Å². The summed E-state index contributed by atoms with van der Waals surface area (Å²) in [5, 5.41) is 5.72. The quantitative estimate of drug-likeness (QED) is 0.450. The van der Waals surface area contributed by atoms with E-state index in [9.17, 15) is 14.0 Å². The molecular formula is C26H32FN3O2. The van der Waals surface area contributed by atoms with Gasteiger partial charge in [0.05, 0.1) is 0 Å². The molecule has 0 aromatic heterocycles. The van der Waals surface area contributed by atoms with Gasteiger partial charge < -0.3 is 10.6 Å². The molecule has 4 rings (SSSR count). The minimum atomic E-state index is -0.244. The molecule has 6 heteroatoms.